The molecule has 0 atom stereocenters. The van der Waals surface area contributed by atoms with E-state index in [1.165, 1.54) is 23.5 Å². The summed E-state index contributed by atoms with van der Waals surface area (Å²) in [5.74, 6) is -0.530. The first-order valence-electron chi connectivity index (χ1n) is 11.1. The SMILES string of the molecule is O=C(CSc1ccccc1)[O][Pb]([O]C(=O)CSc1ccccc1)([c]1ccccc1)[c]1ccccc1. The summed E-state index contributed by atoms with van der Waals surface area (Å²) in [6.45, 7) is 0. The predicted octanol–water partition coefficient (Wildman–Crippen LogP) is 4.91. The van der Waals surface area contributed by atoms with Gasteiger partial charge in [0.2, 0.25) is 0 Å². The molecule has 0 spiro atoms. The second kappa shape index (κ2) is 12.9. The Morgan fingerprint density at radius 3 is 1.17 bits per heavy atom. The minimum absolute atomic E-state index is 0.127. The Morgan fingerprint density at radius 2 is 0.829 bits per heavy atom. The van der Waals surface area contributed by atoms with Crippen LogP contribution >= 0.6 is 23.5 Å². The molecule has 0 radical (unpaired) electrons. The van der Waals surface area contributed by atoms with Crippen LogP contribution in [0.25, 0.3) is 0 Å². The molecule has 0 fully saturated rings. The van der Waals surface area contributed by atoms with Gasteiger partial charge in [-0.15, -0.1) is 0 Å². The fraction of sp³-hybridized carbons (Fsp3) is 0.0714. The van der Waals surface area contributed by atoms with Crippen LogP contribution < -0.4 is 6.25 Å². The Kier molecular flexibility index (Phi) is 9.44. The van der Waals surface area contributed by atoms with E-state index in [1.54, 1.807) is 0 Å². The number of hydrogen-bond donors (Lipinski definition) is 0. The Hall–Kier alpha value is -2.56. The summed E-state index contributed by atoms with van der Waals surface area (Å²) in [6, 6.07) is 38.3. The molecule has 4 aromatic rings. The topological polar surface area (TPSA) is 52.6 Å². The molecule has 0 saturated carbocycles. The van der Waals surface area contributed by atoms with Crippen molar-refractivity contribution in [3.63, 3.8) is 0 Å². The third-order valence-electron chi connectivity index (χ3n) is 5.02. The van der Waals surface area contributed by atoms with Crippen molar-refractivity contribution < 1.29 is 15.0 Å². The first-order valence-corrected chi connectivity index (χ1v) is 20.1. The first kappa shape index (κ1) is 25.5. The van der Waals surface area contributed by atoms with Gasteiger partial charge in [0.15, 0.2) is 0 Å². The van der Waals surface area contributed by atoms with Gasteiger partial charge in [-0.1, -0.05) is 0 Å². The fourth-order valence-corrected chi connectivity index (χ4v) is 16.9. The molecule has 176 valence electrons. The molecule has 0 N–H and O–H groups in total. The van der Waals surface area contributed by atoms with Crippen molar-refractivity contribution in [2.75, 3.05) is 11.5 Å². The molecule has 4 aromatic carbocycles. The molecular weight excluding hydrogens is 672 g/mol. The predicted molar refractivity (Wildman–Crippen MR) is 144 cm³/mol. The molecule has 0 aromatic heterocycles. The summed E-state index contributed by atoms with van der Waals surface area (Å²) in [5, 5.41) is 0. The fourth-order valence-electron chi connectivity index (χ4n) is 3.44. The van der Waals surface area contributed by atoms with Crippen molar-refractivity contribution in [3.8, 4) is 0 Å². The van der Waals surface area contributed by atoms with Gasteiger partial charge in [-0.05, 0) is 0 Å². The zero-order valence-corrected chi connectivity index (χ0v) is 24.4. The van der Waals surface area contributed by atoms with Crippen LogP contribution in [0, 0.1) is 0 Å². The van der Waals surface area contributed by atoms with Crippen molar-refractivity contribution in [2.45, 2.75) is 9.79 Å². The molecule has 35 heavy (non-hydrogen) atoms. The van der Waals surface area contributed by atoms with Gasteiger partial charge >= 0.3 is 221 Å². The van der Waals surface area contributed by atoms with Crippen LogP contribution in [-0.2, 0) is 15.0 Å². The molecule has 0 amide bonds. The van der Waals surface area contributed by atoms with E-state index < -0.39 is 34.0 Å². The van der Waals surface area contributed by atoms with Gasteiger partial charge in [0.05, 0.1) is 0 Å². The van der Waals surface area contributed by atoms with Crippen LogP contribution in [0.2, 0.25) is 0 Å². The van der Waals surface area contributed by atoms with Gasteiger partial charge in [-0.3, -0.25) is 0 Å². The number of rotatable bonds is 10. The number of carbonyl (C=O) groups is 2. The van der Waals surface area contributed by atoms with Gasteiger partial charge in [0.1, 0.15) is 0 Å². The standard InChI is InChI=1S/2C8H8O2S.2C6H5.Pb/c2*9-8(10)6-11-7-4-2-1-3-5-7;2*1-2-4-6-5-3-1;/h2*1-5H,6H2,(H,9,10);2*1-5H;/q;;;;+2/p-2. The number of benzene rings is 4. The van der Waals surface area contributed by atoms with Crippen LogP contribution in [0.15, 0.2) is 131 Å². The second-order valence-electron chi connectivity index (χ2n) is 7.50. The van der Waals surface area contributed by atoms with E-state index in [0.29, 0.717) is 0 Å². The van der Waals surface area contributed by atoms with Gasteiger partial charge in [0, 0.05) is 0 Å². The van der Waals surface area contributed by atoms with E-state index in [2.05, 4.69) is 0 Å². The van der Waals surface area contributed by atoms with E-state index in [4.69, 9.17) is 5.37 Å². The van der Waals surface area contributed by atoms with E-state index in [0.717, 1.165) is 16.0 Å². The summed E-state index contributed by atoms with van der Waals surface area (Å²) in [6.07, 6.45) is 0. The summed E-state index contributed by atoms with van der Waals surface area (Å²) >= 11 is -2.05. The molecule has 0 bridgehead atoms. The molecule has 4 nitrogen and oxygen atoms in total. The summed E-state index contributed by atoms with van der Waals surface area (Å²) in [5.41, 5.74) is 0. The van der Waals surface area contributed by atoms with Gasteiger partial charge in [0.25, 0.3) is 0 Å². The van der Waals surface area contributed by atoms with E-state index in [1.807, 2.05) is 121 Å². The van der Waals surface area contributed by atoms with Crippen molar-refractivity contribution in [2.24, 2.45) is 0 Å². The summed E-state index contributed by atoms with van der Waals surface area (Å²) in [7, 11) is 0. The van der Waals surface area contributed by atoms with Crippen LogP contribution in [-0.4, -0.2) is 45.5 Å². The molecule has 0 heterocycles. The molecular formula is C28H24O4PbS2. The van der Waals surface area contributed by atoms with E-state index >= 15 is 0 Å². The normalized spacial score (nSPS) is 11.0. The van der Waals surface area contributed by atoms with Crippen molar-refractivity contribution in [1.29, 1.82) is 0 Å². The van der Waals surface area contributed by atoms with Crippen LogP contribution in [0.1, 0.15) is 0 Å². The Bertz CT molecular complexity index is 1120. The molecule has 0 saturated heterocycles. The van der Waals surface area contributed by atoms with Crippen molar-refractivity contribution in [1.82, 2.24) is 0 Å². The van der Waals surface area contributed by atoms with Gasteiger partial charge in [-0.25, -0.2) is 0 Å². The number of carbonyl (C=O) groups excluding carboxylic acids is 2. The quantitative estimate of drug-likeness (QED) is 0.174. The zero-order chi connectivity index (χ0) is 24.3. The van der Waals surface area contributed by atoms with Gasteiger partial charge < -0.3 is 0 Å². The monoisotopic (exact) mass is 696 g/mol. The van der Waals surface area contributed by atoms with E-state index in [-0.39, 0.29) is 11.5 Å². The molecule has 0 aliphatic rings. The summed E-state index contributed by atoms with van der Waals surface area (Å²) in [4.78, 5) is 28.3. The third-order valence-corrected chi connectivity index (χ3v) is 19.5. The molecule has 0 aliphatic heterocycles. The minimum atomic E-state index is -4.86. The van der Waals surface area contributed by atoms with Crippen LogP contribution in [0.4, 0.5) is 0 Å². The molecule has 7 heteroatoms. The maximum atomic E-state index is 13.2. The Labute approximate surface area is 220 Å². The second-order valence-corrected chi connectivity index (χ2v) is 20.5. The Balaban J connectivity index is 1.61. The number of hydrogen-bond acceptors (Lipinski definition) is 6. The van der Waals surface area contributed by atoms with Gasteiger partial charge in [-0.2, -0.15) is 0 Å². The van der Waals surface area contributed by atoms with Crippen LogP contribution in [0.3, 0.4) is 0 Å². The molecule has 0 aliphatic carbocycles. The average Bonchev–Trinajstić information content (AvgIpc) is 2.92. The van der Waals surface area contributed by atoms with E-state index in [9.17, 15) is 9.59 Å². The maximum absolute atomic E-state index is 13.2. The average molecular weight is 696 g/mol. The molecule has 0 unspecified atom stereocenters. The number of thioether (sulfide) groups is 2. The van der Waals surface area contributed by atoms with Crippen molar-refractivity contribution in [3.05, 3.63) is 121 Å². The third kappa shape index (κ3) is 7.22. The van der Waals surface area contributed by atoms with Crippen LogP contribution in [0.5, 0.6) is 0 Å². The van der Waals surface area contributed by atoms with Crippen molar-refractivity contribution >= 4 is 63.8 Å². The molecule has 4 rings (SSSR count). The zero-order valence-electron chi connectivity index (χ0n) is 18.9. The first-order chi connectivity index (χ1) is 17.2. The summed E-state index contributed by atoms with van der Waals surface area (Å²) < 4.78 is 14.1. The Morgan fingerprint density at radius 1 is 0.514 bits per heavy atom.